The van der Waals surface area contributed by atoms with Crippen LogP contribution in [0.4, 0.5) is 11.4 Å². The number of hydrogen-bond donors (Lipinski definition) is 2. The fourth-order valence-electron chi connectivity index (χ4n) is 2.95. The van der Waals surface area contributed by atoms with Crippen LogP contribution in [0.3, 0.4) is 0 Å². The number of aromatic nitrogens is 1. The van der Waals surface area contributed by atoms with E-state index < -0.39 is 0 Å². The number of rotatable bonds is 4. The standard InChI is InChI=1S/C16H21N3/c1-2-16(8-4-9-16)11-19-14-7-6-13(17)12-5-3-10-18-15(12)14/h3,5-7,10,19H,2,4,8-9,11,17H2,1H3. The fraction of sp³-hybridized carbons (Fsp3) is 0.438. The van der Waals surface area contributed by atoms with Crippen LogP contribution in [0, 0.1) is 5.41 Å². The molecule has 0 atom stereocenters. The molecule has 0 spiro atoms. The molecule has 19 heavy (non-hydrogen) atoms. The van der Waals surface area contributed by atoms with E-state index in [4.69, 9.17) is 5.73 Å². The van der Waals surface area contributed by atoms with Crippen LogP contribution in [0.5, 0.6) is 0 Å². The van der Waals surface area contributed by atoms with Crippen LogP contribution in [0.15, 0.2) is 30.5 Å². The van der Waals surface area contributed by atoms with Crippen molar-refractivity contribution >= 4 is 22.3 Å². The molecule has 0 amide bonds. The summed E-state index contributed by atoms with van der Waals surface area (Å²) in [6, 6.07) is 7.97. The maximum absolute atomic E-state index is 6.00. The Hall–Kier alpha value is -1.77. The molecular formula is C16H21N3. The number of nitrogen functional groups attached to an aromatic ring is 1. The third-order valence-electron chi connectivity index (χ3n) is 4.62. The molecule has 2 aromatic rings. The minimum absolute atomic E-state index is 0.502. The van der Waals surface area contributed by atoms with Crippen molar-refractivity contribution in [2.75, 3.05) is 17.6 Å². The van der Waals surface area contributed by atoms with Gasteiger partial charge in [0.2, 0.25) is 0 Å². The first-order chi connectivity index (χ1) is 9.24. The average Bonchev–Trinajstić information content (AvgIpc) is 2.41. The first-order valence-corrected chi connectivity index (χ1v) is 7.11. The van der Waals surface area contributed by atoms with E-state index in [1.807, 2.05) is 30.5 Å². The quantitative estimate of drug-likeness (QED) is 0.817. The molecule has 3 N–H and O–H groups in total. The SMILES string of the molecule is CCC1(CNc2ccc(N)c3cccnc23)CCC1. The third kappa shape index (κ3) is 2.14. The van der Waals surface area contributed by atoms with Gasteiger partial charge >= 0.3 is 0 Å². The Balaban J connectivity index is 1.87. The Kier molecular flexibility index (Phi) is 3.05. The van der Waals surface area contributed by atoms with Crippen molar-refractivity contribution in [1.29, 1.82) is 0 Å². The Labute approximate surface area is 114 Å². The Morgan fingerprint density at radius 2 is 2.16 bits per heavy atom. The number of fused-ring (bicyclic) bond motifs is 1. The minimum atomic E-state index is 0.502. The van der Waals surface area contributed by atoms with E-state index in [1.54, 1.807) is 0 Å². The van der Waals surface area contributed by atoms with Gasteiger partial charge in [0.1, 0.15) is 0 Å². The zero-order valence-electron chi connectivity index (χ0n) is 11.4. The van der Waals surface area contributed by atoms with Crippen molar-refractivity contribution in [2.24, 2.45) is 5.41 Å². The molecule has 1 fully saturated rings. The molecule has 0 bridgehead atoms. The van der Waals surface area contributed by atoms with Gasteiger partial charge in [-0.3, -0.25) is 4.98 Å². The predicted molar refractivity (Wildman–Crippen MR) is 81.2 cm³/mol. The van der Waals surface area contributed by atoms with Crippen molar-refractivity contribution < 1.29 is 0 Å². The van der Waals surface area contributed by atoms with Gasteiger partial charge < -0.3 is 11.1 Å². The molecule has 1 heterocycles. The van der Waals surface area contributed by atoms with Crippen LogP contribution in [0.25, 0.3) is 10.9 Å². The van der Waals surface area contributed by atoms with Gasteiger partial charge in [0.05, 0.1) is 11.2 Å². The number of anilines is 2. The molecule has 1 aliphatic carbocycles. The Morgan fingerprint density at radius 3 is 2.84 bits per heavy atom. The van der Waals surface area contributed by atoms with Crippen molar-refractivity contribution in [2.45, 2.75) is 32.6 Å². The molecule has 0 saturated heterocycles. The third-order valence-corrected chi connectivity index (χ3v) is 4.62. The van der Waals surface area contributed by atoms with Gasteiger partial charge in [0.25, 0.3) is 0 Å². The van der Waals surface area contributed by atoms with Gasteiger partial charge in [-0.15, -0.1) is 0 Å². The summed E-state index contributed by atoms with van der Waals surface area (Å²) in [6.07, 6.45) is 7.14. The first-order valence-electron chi connectivity index (χ1n) is 7.11. The second-order valence-corrected chi connectivity index (χ2v) is 5.66. The molecule has 1 aromatic heterocycles. The molecular weight excluding hydrogens is 234 g/mol. The van der Waals surface area contributed by atoms with Gasteiger partial charge in [-0.05, 0) is 48.9 Å². The van der Waals surface area contributed by atoms with E-state index in [1.165, 1.54) is 25.7 Å². The van der Waals surface area contributed by atoms with Gasteiger partial charge in [-0.1, -0.05) is 13.3 Å². The molecule has 3 rings (SSSR count). The second-order valence-electron chi connectivity index (χ2n) is 5.66. The lowest BCUT2D eigenvalue weighted by Gasteiger charge is -2.41. The van der Waals surface area contributed by atoms with Crippen LogP contribution < -0.4 is 11.1 Å². The topological polar surface area (TPSA) is 50.9 Å². The largest absolute Gasteiger partial charge is 0.398 e. The number of nitrogens with two attached hydrogens (primary N) is 1. The van der Waals surface area contributed by atoms with Gasteiger partial charge in [0.15, 0.2) is 0 Å². The number of nitrogens with one attached hydrogen (secondary N) is 1. The lowest BCUT2D eigenvalue weighted by atomic mass is 9.67. The van der Waals surface area contributed by atoms with Gasteiger partial charge in [-0.2, -0.15) is 0 Å². The molecule has 1 aromatic carbocycles. The molecule has 100 valence electrons. The van der Waals surface area contributed by atoms with E-state index in [-0.39, 0.29) is 0 Å². The maximum Gasteiger partial charge on any atom is 0.0953 e. The lowest BCUT2D eigenvalue weighted by molar-refractivity contribution is 0.145. The molecule has 0 radical (unpaired) electrons. The van der Waals surface area contributed by atoms with Crippen molar-refractivity contribution in [3.05, 3.63) is 30.5 Å². The molecule has 3 nitrogen and oxygen atoms in total. The summed E-state index contributed by atoms with van der Waals surface area (Å²) in [5.74, 6) is 0. The second kappa shape index (κ2) is 4.72. The van der Waals surface area contributed by atoms with E-state index in [9.17, 15) is 0 Å². The number of hydrogen-bond acceptors (Lipinski definition) is 3. The summed E-state index contributed by atoms with van der Waals surface area (Å²) in [4.78, 5) is 4.47. The predicted octanol–water partition coefficient (Wildman–Crippen LogP) is 3.81. The highest BCUT2D eigenvalue weighted by molar-refractivity contribution is 5.98. The molecule has 0 unspecified atom stereocenters. The normalized spacial score (nSPS) is 17.1. The summed E-state index contributed by atoms with van der Waals surface area (Å²) < 4.78 is 0. The lowest BCUT2D eigenvalue weighted by Crippen LogP contribution is -2.35. The highest BCUT2D eigenvalue weighted by atomic mass is 14.9. The molecule has 0 aliphatic heterocycles. The fourth-order valence-corrected chi connectivity index (χ4v) is 2.95. The van der Waals surface area contributed by atoms with Gasteiger partial charge in [-0.25, -0.2) is 0 Å². The molecule has 3 heteroatoms. The Bertz CT molecular complexity index is 582. The molecule has 1 aliphatic rings. The van der Waals surface area contributed by atoms with Crippen LogP contribution in [-0.2, 0) is 0 Å². The summed E-state index contributed by atoms with van der Waals surface area (Å²) >= 11 is 0. The van der Waals surface area contributed by atoms with Gasteiger partial charge in [0, 0.05) is 23.8 Å². The summed E-state index contributed by atoms with van der Waals surface area (Å²) in [7, 11) is 0. The molecule has 1 saturated carbocycles. The highest BCUT2D eigenvalue weighted by Crippen LogP contribution is 2.44. The van der Waals surface area contributed by atoms with Crippen molar-refractivity contribution in [3.8, 4) is 0 Å². The number of benzene rings is 1. The van der Waals surface area contributed by atoms with Crippen LogP contribution in [0.2, 0.25) is 0 Å². The zero-order chi connectivity index (χ0) is 13.3. The van der Waals surface area contributed by atoms with Crippen molar-refractivity contribution in [3.63, 3.8) is 0 Å². The number of nitrogens with zero attached hydrogens (tertiary/aromatic N) is 1. The zero-order valence-corrected chi connectivity index (χ0v) is 11.4. The average molecular weight is 255 g/mol. The first kappa shape index (κ1) is 12.3. The summed E-state index contributed by atoms with van der Waals surface area (Å²) in [6.45, 7) is 3.33. The van der Waals surface area contributed by atoms with E-state index >= 15 is 0 Å². The summed E-state index contributed by atoms with van der Waals surface area (Å²) in [5, 5.41) is 4.62. The maximum atomic E-state index is 6.00. The highest BCUT2D eigenvalue weighted by Gasteiger charge is 2.34. The van der Waals surface area contributed by atoms with E-state index in [2.05, 4.69) is 17.2 Å². The minimum Gasteiger partial charge on any atom is -0.398 e. The van der Waals surface area contributed by atoms with E-state index in [0.717, 1.165) is 28.8 Å². The number of pyridine rings is 1. The van der Waals surface area contributed by atoms with Crippen LogP contribution in [-0.4, -0.2) is 11.5 Å². The Morgan fingerprint density at radius 1 is 1.32 bits per heavy atom. The van der Waals surface area contributed by atoms with Crippen LogP contribution >= 0.6 is 0 Å². The van der Waals surface area contributed by atoms with Crippen molar-refractivity contribution in [1.82, 2.24) is 4.98 Å². The van der Waals surface area contributed by atoms with E-state index in [0.29, 0.717) is 5.41 Å². The monoisotopic (exact) mass is 255 g/mol. The summed E-state index contributed by atoms with van der Waals surface area (Å²) in [5.41, 5.74) is 9.38. The smallest absolute Gasteiger partial charge is 0.0953 e. The van der Waals surface area contributed by atoms with Crippen LogP contribution in [0.1, 0.15) is 32.6 Å².